The van der Waals surface area contributed by atoms with Crippen molar-refractivity contribution in [3.05, 3.63) is 52.3 Å². The Morgan fingerprint density at radius 1 is 1.00 bits per heavy atom. The highest BCUT2D eigenvalue weighted by Gasteiger charge is 2.30. The van der Waals surface area contributed by atoms with Gasteiger partial charge < -0.3 is 4.90 Å². The van der Waals surface area contributed by atoms with Gasteiger partial charge in [0.05, 0.1) is 15.5 Å². The molecule has 4 rings (SSSR count). The van der Waals surface area contributed by atoms with Crippen molar-refractivity contribution >= 4 is 32.4 Å². The number of fused-ring (bicyclic) bond motifs is 1. The highest BCUT2D eigenvalue weighted by atomic mass is 32.2. The van der Waals surface area contributed by atoms with E-state index < -0.39 is 20.8 Å². The molecule has 0 spiro atoms. The normalized spacial score (nSPS) is 15.8. The summed E-state index contributed by atoms with van der Waals surface area (Å²) in [7, 11) is -3.73. The quantitative estimate of drug-likeness (QED) is 0.474. The Morgan fingerprint density at radius 3 is 2.29 bits per heavy atom. The Bertz CT molecular complexity index is 1140. The van der Waals surface area contributed by atoms with Crippen LogP contribution in [0, 0.1) is 15.9 Å². The smallest absolute Gasteiger partial charge is 0.300 e. The van der Waals surface area contributed by atoms with Gasteiger partial charge in [0.1, 0.15) is 5.82 Å². The molecule has 146 valence electrons. The van der Waals surface area contributed by atoms with Crippen molar-refractivity contribution in [3.8, 4) is 0 Å². The number of piperazine rings is 1. The van der Waals surface area contributed by atoms with E-state index in [2.05, 4.69) is 14.9 Å². The zero-order chi connectivity index (χ0) is 19.9. The maximum atomic E-state index is 13.1. The number of benzene rings is 2. The van der Waals surface area contributed by atoms with Crippen LogP contribution in [-0.2, 0) is 10.0 Å². The van der Waals surface area contributed by atoms with Gasteiger partial charge in [-0.2, -0.15) is 4.31 Å². The fourth-order valence-electron chi connectivity index (χ4n) is 3.17. The van der Waals surface area contributed by atoms with Gasteiger partial charge in [0, 0.05) is 32.2 Å². The lowest BCUT2D eigenvalue weighted by atomic mass is 10.2. The van der Waals surface area contributed by atoms with E-state index in [4.69, 9.17) is 0 Å². The van der Waals surface area contributed by atoms with Crippen LogP contribution in [0.1, 0.15) is 0 Å². The molecule has 1 aliphatic rings. The summed E-state index contributed by atoms with van der Waals surface area (Å²) in [4.78, 5) is 12.4. The molecule has 10 nitrogen and oxygen atoms in total. The first-order valence-corrected chi connectivity index (χ1v) is 9.72. The van der Waals surface area contributed by atoms with Crippen molar-refractivity contribution in [2.45, 2.75) is 4.90 Å². The molecule has 12 heteroatoms. The van der Waals surface area contributed by atoms with Gasteiger partial charge in [-0.05, 0) is 40.6 Å². The predicted molar refractivity (Wildman–Crippen MR) is 95.8 cm³/mol. The maximum absolute atomic E-state index is 13.1. The highest BCUT2D eigenvalue weighted by Crippen LogP contribution is 2.32. The second-order valence-corrected chi connectivity index (χ2v) is 8.11. The molecule has 1 fully saturated rings. The van der Waals surface area contributed by atoms with Gasteiger partial charge in [0.2, 0.25) is 15.5 Å². The van der Waals surface area contributed by atoms with Crippen molar-refractivity contribution < 1.29 is 22.4 Å². The summed E-state index contributed by atoms with van der Waals surface area (Å²) in [6, 6.07) is 7.55. The number of nitro groups is 1. The number of hydrogen-bond donors (Lipinski definition) is 0. The van der Waals surface area contributed by atoms with Gasteiger partial charge in [-0.3, -0.25) is 10.1 Å². The largest absolute Gasteiger partial charge is 0.367 e. The van der Waals surface area contributed by atoms with Gasteiger partial charge >= 0.3 is 5.69 Å². The number of sulfonamides is 1. The molecule has 28 heavy (non-hydrogen) atoms. The van der Waals surface area contributed by atoms with Gasteiger partial charge in [-0.15, -0.1) is 0 Å². The third-order valence-electron chi connectivity index (χ3n) is 4.60. The summed E-state index contributed by atoms with van der Waals surface area (Å²) in [5.74, 6) is -0.507. The molecule has 3 aromatic rings. The molecule has 0 saturated carbocycles. The average molecular weight is 407 g/mol. The molecule has 0 aliphatic carbocycles. The number of rotatable bonds is 4. The van der Waals surface area contributed by atoms with Gasteiger partial charge in [0.15, 0.2) is 5.52 Å². The van der Waals surface area contributed by atoms with Gasteiger partial charge in [-0.25, -0.2) is 17.4 Å². The number of non-ortho nitro benzene ring substituents is 1. The topological polar surface area (TPSA) is 123 Å². The van der Waals surface area contributed by atoms with Gasteiger partial charge in [0.25, 0.3) is 0 Å². The summed E-state index contributed by atoms with van der Waals surface area (Å²) >= 11 is 0. The lowest BCUT2D eigenvalue weighted by Gasteiger charge is -2.35. The summed E-state index contributed by atoms with van der Waals surface area (Å²) in [5.41, 5.74) is 0.672. The Balaban J connectivity index is 1.56. The van der Waals surface area contributed by atoms with E-state index in [-0.39, 0.29) is 34.7 Å². The third kappa shape index (κ3) is 3.05. The third-order valence-corrected chi connectivity index (χ3v) is 6.51. The van der Waals surface area contributed by atoms with Crippen molar-refractivity contribution in [2.24, 2.45) is 0 Å². The lowest BCUT2D eigenvalue weighted by molar-refractivity contribution is -0.383. The number of anilines is 1. The number of hydrogen-bond acceptors (Lipinski definition) is 8. The van der Waals surface area contributed by atoms with Crippen LogP contribution in [0.3, 0.4) is 0 Å². The second kappa shape index (κ2) is 6.80. The molecule has 0 N–H and O–H groups in total. The van der Waals surface area contributed by atoms with Crippen LogP contribution < -0.4 is 4.90 Å². The minimum atomic E-state index is -3.73. The first-order chi connectivity index (χ1) is 13.4. The van der Waals surface area contributed by atoms with E-state index in [1.165, 1.54) is 22.5 Å². The van der Waals surface area contributed by atoms with E-state index in [0.717, 1.165) is 12.1 Å². The Morgan fingerprint density at radius 2 is 1.64 bits per heavy atom. The van der Waals surface area contributed by atoms with Crippen molar-refractivity contribution in [1.82, 2.24) is 14.6 Å². The summed E-state index contributed by atoms with van der Waals surface area (Å²) < 4.78 is 44.5. The molecule has 0 radical (unpaired) electrons. The fraction of sp³-hybridized carbons (Fsp3) is 0.250. The van der Waals surface area contributed by atoms with E-state index >= 15 is 0 Å². The summed E-state index contributed by atoms with van der Waals surface area (Å²) in [6.07, 6.45) is 0. The number of nitro benzene ring substituents is 1. The van der Waals surface area contributed by atoms with Crippen LogP contribution in [-0.4, -0.2) is 54.1 Å². The SMILES string of the molecule is O=[N+]([O-])c1ccc(N2CCN(S(=O)(=O)c3ccc(F)cc3)CC2)c2nonc12. The molecular formula is C16H14FN5O5S. The maximum Gasteiger partial charge on any atom is 0.300 e. The molecule has 1 aromatic heterocycles. The Labute approximate surface area is 158 Å². The summed E-state index contributed by atoms with van der Waals surface area (Å²) in [5, 5.41) is 18.5. The van der Waals surface area contributed by atoms with Gasteiger partial charge in [-0.1, -0.05) is 0 Å². The fourth-order valence-corrected chi connectivity index (χ4v) is 4.59. The van der Waals surface area contributed by atoms with Crippen LogP contribution in [0.25, 0.3) is 11.0 Å². The molecule has 0 bridgehead atoms. The van der Waals surface area contributed by atoms with Crippen LogP contribution in [0.4, 0.5) is 15.8 Å². The molecule has 2 heterocycles. The molecular weight excluding hydrogens is 393 g/mol. The zero-order valence-corrected chi connectivity index (χ0v) is 15.2. The second-order valence-electron chi connectivity index (χ2n) is 6.17. The minimum Gasteiger partial charge on any atom is -0.367 e. The highest BCUT2D eigenvalue weighted by molar-refractivity contribution is 7.89. The van der Waals surface area contributed by atoms with Crippen molar-refractivity contribution in [3.63, 3.8) is 0 Å². The van der Waals surface area contributed by atoms with Crippen LogP contribution >= 0.6 is 0 Å². The first-order valence-electron chi connectivity index (χ1n) is 8.28. The van der Waals surface area contributed by atoms with E-state index in [0.29, 0.717) is 18.8 Å². The van der Waals surface area contributed by atoms with E-state index in [9.17, 15) is 22.9 Å². The van der Waals surface area contributed by atoms with E-state index in [1.54, 1.807) is 6.07 Å². The number of nitrogens with zero attached hydrogens (tertiary/aromatic N) is 5. The number of halogens is 1. The van der Waals surface area contributed by atoms with Crippen LogP contribution in [0.5, 0.6) is 0 Å². The number of aromatic nitrogens is 2. The van der Waals surface area contributed by atoms with Crippen LogP contribution in [0.15, 0.2) is 45.9 Å². The van der Waals surface area contributed by atoms with E-state index in [1.807, 2.05) is 4.90 Å². The van der Waals surface area contributed by atoms with Crippen molar-refractivity contribution in [1.29, 1.82) is 0 Å². The molecule has 1 aliphatic heterocycles. The lowest BCUT2D eigenvalue weighted by Crippen LogP contribution is -2.48. The average Bonchev–Trinajstić information content (AvgIpc) is 3.17. The predicted octanol–water partition coefficient (Wildman–Crippen LogP) is 1.78. The molecule has 0 atom stereocenters. The Kier molecular flexibility index (Phi) is 4.43. The molecule has 0 amide bonds. The summed E-state index contributed by atoms with van der Waals surface area (Å²) in [6.45, 7) is 1.09. The molecule has 1 saturated heterocycles. The van der Waals surface area contributed by atoms with Crippen molar-refractivity contribution in [2.75, 3.05) is 31.1 Å². The van der Waals surface area contributed by atoms with Crippen LogP contribution in [0.2, 0.25) is 0 Å². The zero-order valence-electron chi connectivity index (χ0n) is 14.4. The minimum absolute atomic E-state index is 0.0285. The molecule has 2 aromatic carbocycles. The monoisotopic (exact) mass is 407 g/mol. The Hall–Kier alpha value is -3.12. The first kappa shape index (κ1) is 18.3. The standard InChI is InChI=1S/C16H14FN5O5S/c17-11-1-3-12(4-2-11)28(25,26)21-9-7-20(8-10-21)13-5-6-14(22(23)24)16-15(13)18-27-19-16/h1-6H,7-10H2. The molecule has 0 unspecified atom stereocenters.